The maximum Gasteiger partial charge on any atom is 0.306 e. The van der Waals surface area contributed by atoms with E-state index in [9.17, 15) is 18.8 Å². The fraction of sp³-hybridized carbons (Fsp3) is 0.250. The number of ketones is 1. The Hall–Kier alpha value is -3.42. The predicted molar refractivity (Wildman–Crippen MR) is 95.3 cm³/mol. The summed E-state index contributed by atoms with van der Waals surface area (Å²) in [4.78, 5) is 35.4. The Labute approximate surface area is 160 Å². The smallest absolute Gasteiger partial charge is 0.306 e. The summed E-state index contributed by atoms with van der Waals surface area (Å²) in [5.74, 6) is -0.598. The van der Waals surface area contributed by atoms with E-state index in [1.54, 1.807) is 18.2 Å². The van der Waals surface area contributed by atoms with Crippen LogP contribution in [0.5, 0.6) is 11.5 Å². The van der Waals surface area contributed by atoms with Gasteiger partial charge in [-0.05, 0) is 42.0 Å². The van der Waals surface area contributed by atoms with Crippen LogP contribution in [-0.4, -0.2) is 31.1 Å². The van der Waals surface area contributed by atoms with Gasteiger partial charge in [0.25, 0.3) is 5.91 Å². The van der Waals surface area contributed by atoms with Gasteiger partial charge in [0.05, 0.1) is 6.42 Å². The van der Waals surface area contributed by atoms with E-state index >= 15 is 0 Å². The Morgan fingerprint density at radius 3 is 2.54 bits per heavy atom. The first-order valence-corrected chi connectivity index (χ1v) is 8.61. The van der Waals surface area contributed by atoms with Gasteiger partial charge in [0.15, 0.2) is 23.9 Å². The van der Waals surface area contributed by atoms with Crippen molar-refractivity contribution in [2.75, 3.05) is 13.4 Å². The summed E-state index contributed by atoms with van der Waals surface area (Å²) in [5, 5.41) is 2.63. The monoisotopic (exact) mass is 387 g/mol. The molecule has 7 nitrogen and oxygen atoms in total. The summed E-state index contributed by atoms with van der Waals surface area (Å²) < 4.78 is 28.2. The molecular formula is C20H18FNO6. The van der Waals surface area contributed by atoms with E-state index in [1.165, 1.54) is 24.3 Å². The highest BCUT2D eigenvalue weighted by Crippen LogP contribution is 2.32. The van der Waals surface area contributed by atoms with E-state index in [0.29, 0.717) is 17.1 Å². The Morgan fingerprint density at radius 2 is 1.75 bits per heavy atom. The summed E-state index contributed by atoms with van der Waals surface area (Å²) in [7, 11) is 0. The van der Waals surface area contributed by atoms with Crippen LogP contribution in [-0.2, 0) is 20.9 Å². The van der Waals surface area contributed by atoms with E-state index in [-0.39, 0.29) is 32.0 Å². The molecule has 8 heteroatoms. The summed E-state index contributed by atoms with van der Waals surface area (Å²) >= 11 is 0. The molecule has 0 aliphatic carbocycles. The number of Topliss-reactive ketones (excluding diaryl/α,β-unsaturated/α-hetero) is 1. The first-order valence-electron chi connectivity index (χ1n) is 8.61. The van der Waals surface area contributed by atoms with E-state index in [1.807, 2.05) is 0 Å². The molecule has 0 radical (unpaired) electrons. The molecule has 1 N–H and O–H groups in total. The zero-order valence-electron chi connectivity index (χ0n) is 14.9. The zero-order chi connectivity index (χ0) is 19.9. The molecule has 28 heavy (non-hydrogen) atoms. The topological polar surface area (TPSA) is 90.9 Å². The lowest BCUT2D eigenvalue weighted by atomic mass is 10.1. The zero-order valence-corrected chi connectivity index (χ0v) is 14.9. The second kappa shape index (κ2) is 8.98. The largest absolute Gasteiger partial charge is 0.456 e. The van der Waals surface area contributed by atoms with E-state index < -0.39 is 24.3 Å². The second-order valence-corrected chi connectivity index (χ2v) is 6.06. The van der Waals surface area contributed by atoms with E-state index in [0.717, 1.165) is 5.56 Å². The molecule has 2 aromatic carbocycles. The van der Waals surface area contributed by atoms with Crippen molar-refractivity contribution in [1.82, 2.24) is 5.32 Å². The molecule has 0 bridgehead atoms. The highest BCUT2D eigenvalue weighted by atomic mass is 19.1. The third kappa shape index (κ3) is 5.29. The lowest BCUT2D eigenvalue weighted by Gasteiger charge is -2.07. The molecular weight excluding hydrogens is 369 g/mol. The molecule has 0 saturated carbocycles. The first-order chi connectivity index (χ1) is 13.5. The number of rotatable bonds is 8. The van der Waals surface area contributed by atoms with Gasteiger partial charge in [-0.1, -0.05) is 6.07 Å². The van der Waals surface area contributed by atoms with Gasteiger partial charge in [-0.2, -0.15) is 0 Å². The molecule has 0 saturated heterocycles. The van der Waals surface area contributed by atoms with Crippen LogP contribution >= 0.6 is 0 Å². The number of fused-ring (bicyclic) bond motifs is 1. The average Bonchev–Trinajstić information content (AvgIpc) is 3.17. The van der Waals surface area contributed by atoms with Crippen LogP contribution in [0.1, 0.15) is 28.8 Å². The van der Waals surface area contributed by atoms with E-state index in [4.69, 9.17) is 14.2 Å². The van der Waals surface area contributed by atoms with Crippen molar-refractivity contribution >= 4 is 17.7 Å². The summed E-state index contributed by atoms with van der Waals surface area (Å²) in [6.45, 7) is -0.0189. The van der Waals surface area contributed by atoms with Crippen molar-refractivity contribution in [1.29, 1.82) is 0 Å². The minimum atomic E-state index is -0.659. The normalized spacial score (nSPS) is 11.8. The molecule has 146 valence electrons. The van der Waals surface area contributed by atoms with Crippen LogP contribution < -0.4 is 14.8 Å². The highest BCUT2D eigenvalue weighted by Gasteiger charge is 2.14. The fourth-order valence-corrected chi connectivity index (χ4v) is 2.52. The number of amides is 1. The number of esters is 1. The van der Waals surface area contributed by atoms with Crippen molar-refractivity contribution in [3.05, 3.63) is 59.4 Å². The van der Waals surface area contributed by atoms with Crippen LogP contribution in [0.4, 0.5) is 4.39 Å². The van der Waals surface area contributed by atoms with Crippen molar-refractivity contribution in [3.8, 4) is 11.5 Å². The average molecular weight is 387 g/mol. The Kier molecular flexibility index (Phi) is 6.21. The van der Waals surface area contributed by atoms with E-state index in [2.05, 4.69) is 5.32 Å². The van der Waals surface area contributed by atoms with Crippen LogP contribution in [0.15, 0.2) is 42.5 Å². The minimum Gasteiger partial charge on any atom is -0.456 e. The van der Waals surface area contributed by atoms with Crippen LogP contribution in [0.2, 0.25) is 0 Å². The number of carbonyl (C=O) groups is 3. The molecule has 0 aromatic heterocycles. The molecule has 2 aromatic rings. The van der Waals surface area contributed by atoms with Gasteiger partial charge in [-0.25, -0.2) is 4.39 Å². The van der Waals surface area contributed by atoms with Gasteiger partial charge >= 0.3 is 5.97 Å². The highest BCUT2D eigenvalue weighted by molar-refractivity contribution is 5.97. The SMILES string of the molecule is O=C(COC(=O)CCC(=O)c1ccc(F)cc1)NCc1ccc2c(c1)OCO2. The Balaban J connectivity index is 1.35. The summed E-state index contributed by atoms with van der Waals surface area (Å²) in [5.41, 5.74) is 1.13. The fourth-order valence-electron chi connectivity index (χ4n) is 2.52. The molecule has 3 rings (SSSR count). The molecule has 1 aliphatic rings. The van der Waals surface area contributed by atoms with Gasteiger partial charge in [0.1, 0.15) is 5.82 Å². The van der Waals surface area contributed by atoms with Gasteiger partial charge in [0.2, 0.25) is 6.79 Å². The third-order valence-corrected chi connectivity index (χ3v) is 4.01. The quantitative estimate of drug-likeness (QED) is 0.552. The minimum absolute atomic E-state index is 0.0801. The van der Waals surface area contributed by atoms with Gasteiger partial charge in [0, 0.05) is 18.5 Å². The molecule has 0 spiro atoms. The van der Waals surface area contributed by atoms with Crippen LogP contribution in [0, 0.1) is 5.82 Å². The maximum absolute atomic E-state index is 12.8. The number of nitrogens with one attached hydrogen (secondary N) is 1. The summed E-state index contributed by atoms with van der Waals surface area (Å²) in [6, 6.07) is 10.4. The Bertz CT molecular complexity index is 881. The number of carbonyl (C=O) groups excluding carboxylic acids is 3. The van der Waals surface area contributed by atoms with Crippen LogP contribution in [0.3, 0.4) is 0 Å². The predicted octanol–water partition coefficient (Wildman–Crippen LogP) is 2.38. The maximum atomic E-state index is 12.8. The van der Waals surface area contributed by atoms with Crippen molar-refractivity contribution in [3.63, 3.8) is 0 Å². The molecule has 1 aliphatic heterocycles. The van der Waals surface area contributed by atoms with Crippen molar-refractivity contribution in [2.45, 2.75) is 19.4 Å². The lowest BCUT2D eigenvalue weighted by molar-refractivity contribution is -0.148. The number of hydrogen-bond acceptors (Lipinski definition) is 6. The first kappa shape index (κ1) is 19.3. The number of ether oxygens (including phenoxy) is 3. The number of benzene rings is 2. The molecule has 0 fully saturated rings. The molecule has 0 unspecified atom stereocenters. The van der Waals surface area contributed by atoms with Crippen LogP contribution in [0.25, 0.3) is 0 Å². The van der Waals surface area contributed by atoms with Crippen molar-refractivity contribution < 1.29 is 33.0 Å². The second-order valence-electron chi connectivity index (χ2n) is 6.06. The molecule has 0 atom stereocenters. The van der Waals surface area contributed by atoms with Crippen molar-refractivity contribution in [2.24, 2.45) is 0 Å². The number of halogens is 1. The molecule has 1 amide bonds. The van der Waals surface area contributed by atoms with Gasteiger partial charge < -0.3 is 19.5 Å². The lowest BCUT2D eigenvalue weighted by Crippen LogP contribution is -2.28. The van der Waals surface area contributed by atoms with Gasteiger partial charge in [-0.15, -0.1) is 0 Å². The third-order valence-electron chi connectivity index (χ3n) is 4.01. The number of hydrogen-bond donors (Lipinski definition) is 1. The standard InChI is InChI=1S/C20H18FNO6/c21-15-4-2-14(3-5-15)16(23)6-8-20(25)26-11-19(24)22-10-13-1-7-17-18(9-13)28-12-27-17/h1-5,7,9H,6,8,10-12H2,(H,22,24). The summed E-state index contributed by atoms with van der Waals surface area (Å²) in [6.07, 6.45) is -0.241. The Morgan fingerprint density at radius 1 is 1.00 bits per heavy atom. The molecule has 1 heterocycles. The van der Waals surface area contributed by atoms with Gasteiger partial charge in [-0.3, -0.25) is 14.4 Å².